The van der Waals surface area contributed by atoms with E-state index < -0.39 is 0 Å². The molecular formula is C15H17N3O2. The Balaban J connectivity index is 1.71. The van der Waals surface area contributed by atoms with Gasteiger partial charge in [-0.25, -0.2) is 4.79 Å². The zero-order chi connectivity index (χ0) is 13.7. The number of hydrogen-bond acceptors (Lipinski definition) is 3. The average molecular weight is 271 g/mol. The second kappa shape index (κ2) is 4.24. The summed E-state index contributed by atoms with van der Waals surface area (Å²) in [7, 11) is 0. The van der Waals surface area contributed by atoms with Crippen LogP contribution in [0.15, 0.2) is 35.1 Å². The number of aromatic hydroxyl groups is 1. The van der Waals surface area contributed by atoms with E-state index in [1.54, 1.807) is 9.13 Å². The van der Waals surface area contributed by atoms with Gasteiger partial charge < -0.3 is 10.4 Å². The molecule has 1 fully saturated rings. The average Bonchev–Trinajstić information content (AvgIpc) is 3.24. The molecule has 2 heterocycles. The topological polar surface area (TPSA) is 59.2 Å². The van der Waals surface area contributed by atoms with E-state index >= 15 is 0 Å². The Morgan fingerprint density at radius 2 is 2.05 bits per heavy atom. The van der Waals surface area contributed by atoms with E-state index in [4.69, 9.17) is 0 Å². The Morgan fingerprint density at radius 3 is 2.80 bits per heavy atom. The second-order valence-corrected chi connectivity index (χ2v) is 5.57. The number of imidazole rings is 1. The lowest BCUT2D eigenvalue weighted by Crippen LogP contribution is -2.34. The summed E-state index contributed by atoms with van der Waals surface area (Å²) < 4.78 is 3.28. The van der Waals surface area contributed by atoms with Crippen molar-refractivity contribution in [2.24, 2.45) is 0 Å². The van der Waals surface area contributed by atoms with Crippen molar-refractivity contribution in [1.82, 2.24) is 14.5 Å². The van der Waals surface area contributed by atoms with Crippen molar-refractivity contribution in [3.05, 3.63) is 52.1 Å². The van der Waals surface area contributed by atoms with E-state index in [9.17, 15) is 9.90 Å². The summed E-state index contributed by atoms with van der Waals surface area (Å²) in [5.74, 6) is 0.489. The molecule has 5 heteroatoms. The smallest absolute Gasteiger partial charge is 0.331 e. The van der Waals surface area contributed by atoms with Crippen molar-refractivity contribution < 1.29 is 5.11 Å². The molecule has 0 unspecified atom stereocenters. The lowest BCUT2D eigenvalue weighted by molar-refractivity contribution is 0.403. The van der Waals surface area contributed by atoms with Crippen LogP contribution in [0.4, 0.5) is 0 Å². The normalized spacial score (nSPS) is 24.4. The van der Waals surface area contributed by atoms with Crippen LogP contribution < -0.4 is 11.0 Å². The monoisotopic (exact) mass is 271 g/mol. The molecule has 0 spiro atoms. The maximum absolute atomic E-state index is 12.4. The van der Waals surface area contributed by atoms with Gasteiger partial charge in [0.2, 0.25) is 5.88 Å². The number of hydrogen-bond donors (Lipinski definition) is 2. The fraction of sp³-hybridized carbons (Fsp3) is 0.400. The fourth-order valence-electron chi connectivity index (χ4n) is 3.22. The van der Waals surface area contributed by atoms with Crippen molar-refractivity contribution in [3.8, 4) is 5.88 Å². The fourth-order valence-corrected chi connectivity index (χ4v) is 3.22. The minimum Gasteiger partial charge on any atom is -0.493 e. The largest absolute Gasteiger partial charge is 0.493 e. The van der Waals surface area contributed by atoms with Crippen LogP contribution in [0.3, 0.4) is 0 Å². The molecule has 0 amide bonds. The molecule has 0 bridgehead atoms. The van der Waals surface area contributed by atoms with Crippen LogP contribution in [0.5, 0.6) is 5.88 Å². The highest BCUT2D eigenvalue weighted by molar-refractivity contribution is 5.31. The summed E-state index contributed by atoms with van der Waals surface area (Å²) in [5.41, 5.74) is 1.90. The van der Waals surface area contributed by atoms with Gasteiger partial charge in [0.15, 0.2) is 0 Å². The molecule has 4 rings (SSSR count). The number of nitrogens with zero attached hydrogens (tertiary/aromatic N) is 2. The Hall–Kier alpha value is -2.01. The molecule has 1 aromatic heterocycles. The molecule has 1 saturated carbocycles. The maximum Gasteiger partial charge on any atom is 0.331 e. The van der Waals surface area contributed by atoms with Crippen LogP contribution in [0.2, 0.25) is 0 Å². The molecule has 1 aliphatic carbocycles. The molecule has 2 atom stereocenters. The van der Waals surface area contributed by atoms with Gasteiger partial charge in [-0.05, 0) is 12.0 Å². The maximum atomic E-state index is 12.4. The molecule has 20 heavy (non-hydrogen) atoms. The lowest BCUT2D eigenvalue weighted by Gasteiger charge is -2.13. The van der Waals surface area contributed by atoms with Crippen LogP contribution >= 0.6 is 0 Å². The first-order valence-electron chi connectivity index (χ1n) is 7.06. The molecule has 104 valence electrons. The van der Waals surface area contributed by atoms with Gasteiger partial charge in [-0.15, -0.1) is 0 Å². The van der Waals surface area contributed by atoms with E-state index in [0.29, 0.717) is 19.0 Å². The zero-order valence-corrected chi connectivity index (χ0v) is 11.1. The van der Waals surface area contributed by atoms with Crippen LogP contribution in [0.1, 0.15) is 29.6 Å². The van der Waals surface area contributed by atoms with E-state index in [1.165, 1.54) is 5.56 Å². The van der Waals surface area contributed by atoms with Gasteiger partial charge in [0.25, 0.3) is 0 Å². The van der Waals surface area contributed by atoms with Crippen molar-refractivity contribution in [1.29, 1.82) is 0 Å². The summed E-state index contributed by atoms with van der Waals surface area (Å²) in [6.07, 6.45) is 0.925. The lowest BCUT2D eigenvalue weighted by atomic mass is 10.1. The first kappa shape index (κ1) is 11.8. The summed E-state index contributed by atoms with van der Waals surface area (Å²) in [5, 5.41) is 13.5. The molecule has 2 aromatic rings. The molecule has 2 N–H and O–H groups in total. The highest BCUT2D eigenvalue weighted by Gasteiger charge is 2.43. The molecule has 0 saturated heterocycles. The summed E-state index contributed by atoms with van der Waals surface area (Å²) in [4.78, 5) is 12.4. The molecule has 2 aliphatic rings. The molecule has 1 aromatic carbocycles. The highest BCUT2D eigenvalue weighted by atomic mass is 16.3. The summed E-state index contributed by atoms with van der Waals surface area (Å²) in [6.45, 7) is 1.98. The second-order valence-electron chi connectivity index (χ2n) is 5.57. The highest BCUT2D eigenvalue weighted by Crippen LogP contribution is 2.52. The van der Waals surface area contributed by atoms with Crippen LogP contribution in [0.25, 0.3) is 0 Å². The van der Waals surface area contributed by atoms with Gasteiger partial charge in [-0.1, -0.05) is 30.3 Å². The minimum absolute atomic E-state index is 0.0672. The summed E-state index contributed by atoms with van der Waals surface area (Å²) >= 11 is 0. The molecule has 5 nitrogen and oxygen atoms in total. The standard InChI is InChI=1S/C15H17N3O2/c19-14-13-9-16-6-7-17(13)15(20)18(14)12-8-11(12)10-4-2-1-3-5-10/h1-5,11-12,16,19H,6-9H2/t11-,12+/m0/s1. The van der Waals surface area contributed by atoms with Crippen LogP contribution in [0, 0.1) is 0 Å². The third kappa shape index (κ3) is 1.63. The van der Waals surface area contributed by atoms with E-state index in [1.807, 2.05) is 18.2 Å². The molecule has 1 aliphatic heterocycles. The Morgan fingerprint density at radius 1 is 1.25 bits per heavy atom. The van der Waals surface area contributed by atoms with Gasteiger partial charge in [0, 0.05) is 31.6 Å². The van der Waals surface area contributed by atoms with Crippen LogP contribution in [-0.2, 0) is 13.1 Å². The number of aromatic nitrogens is 2. The van der Waals surface area contributed by atoms with E-state index in [0.717, 1.165) is 18.7 Å². The zero-order valence-electron chi connectivity index (χ0n) is 11.1. The Kier molecular flexibility index (Phi) is 2.50. The predicted molar refractivity (Wildman–Crippen MR) is 74.9 cm³/mol. The Labute approximate surface area is 116 Å². The number of nitrogens with one attached hydrogen (secondary N) is 1. The van der Waals surface area contributed by atoms with Crippen LogP contribution in [-0.4, -0.2) is 20.8 Å². The third-order valence-corrected chi connectivity index (χ3v) is 4.37. The first-order chi connectivity index (χ1) is 9.77. The van der Waals surface area contributed by atoms with Gasteiger partial charge in [0.05, 0.1) is 5.69 Å². The molecular weight excluding hydrogens is 254 g/mol. The molecule has 0 radical (unpaired) electrons. The minimum atomic E-state index is -0.0672. The van der Waals surface area contributed by atoms with E-state index in [2.05, 4.69) is 17.4 Å². The Bertz CT molecular complexity index is 702. The predicted octanol–water partition coefficient (Wildman–Crippen LogP) is 1.19. The van der Waals surface area contributed by atoms with Crippen molar-refractivity contribution in [2.75, 3.05) is 6.54 Å². The van der Waals surface area contributed by atoms with Gasteiger partial charge in [-0.3, -0.25) is 9.13 Å². The van der Waals surface area contributed by atoms with Crippen molar-refractivity contribution >= 4 is 0 Å². The van der Waals surface area contributed by atoms with Gasteiger partial charge >= 0.3 is 5.69 Å². The number of fused-ring (bicyclic) bond motifs is 1. The van der Waals surface area contributed by atoms with Gasteiger partial charge in [0.1, 0.15) is 0 Å². The quantitative estimate of drug-likeness (QED) is 0.862. The van der Waals surface area contributed by atoms with Crippen molar-refractivity contribution in [3.63, 3.8) is 0 Å². The first-order valence-corrected chi connectivity index (χ1v) is 7.06. The number of rotatable bonds is 2. The van der Waals surface area contributed by atoms with Crippen molar-refractivity contribution in [2.45, 2.75) is 31.5 Å². The van der Waals surface area contributed by atoms with E-state index in [-0.39, 0.29) is 17.6 Å². The van der Waals surface area contributed by atoms with Gasteiger partial charge in [-0.2, -0.15) is 0 Å². The SMILES string of the molecule is O=c1n2c(c(O)n1[C@@H]1C[C@H]1c1ccccc1)CNCC2. The summed E-state index contributed by atoms with van der Waals surface area (Å²) in [6, 6.07) is 10.3. The third-order valence-electron chi connectivity index (χ3n) is 4.37. The number of benzene rings is 1.